The van der Waals surface area contributed by atoms with Gasteiger partial charge in [-0.25, -0.2) is 4.98 Å². The number of nitro benzene ring substituents is 1. The van der Waals surface area contributed by atoms with E-state index in [0.717, 1.165) is 13.0 Å². The molecule has 2 rings (SSSR count). The van der Waals surface area contributed by atoms with Crippen molar-refractivity contribution in [2.45, 2.75) is 13.3 Å². The monoisotopic (exact) mass is 307 g/mol. The van der Waals surface area contributed by atoms with Crippen LogP contribution >= 0.6 is 11.6 Å². The van der Waals surface area contributed by atoms with Crippen molar-refractivity contribution in [3.05, 3.63) is 51.7 Å². The summed E-state index contributed by atoms with van der Waals surface area (Å²) < 4.78 is 5.63. The van der Waals surface area contributed by atoms with E-state index in [2.05, 4.69) is 17.2 Å². The van der Waals surface area contributed by atoms with Gasteiger partial charge in [-0.2, -0.15) is 0 Å². The lowest BCUT2D eigenvalue weighted by atomic mass is 10.3. The minimum atomic E-state index is -0.505. The molecule has 110 valence electrons. The molecule has 2 aromatic rings. The van der Waals surface area contributed by atoms with Crippen molar-refractivity contribution < 1.29 is 9.66 Å². The van der Waals surface area contributed by atoms with Crippen molar-refractivity contribution >= 4 is 23.1 Å². The number of nitrogens with zero attached hydrogens (tertiary/aromatic N) is 2. The number of nitrogens with one attached hydrogen (secondary N) is 1. The van der Waals surface area contributed by atoms with Gasteiger partial charge >= 0.3 is 0 Å². The molecule has 0 aliphatic heterocycles. The van der Waals surface area contributed by atoms with Gasteiger partial charge in [-0.05, 0) is 18.6 Å². The minimum Gasteiger partial charge on any atom is -0.456 e. The summed E-state index contributed by atoms with van der Waals surface area (Å²) in [7, 11) is 0. The SMILES string of the molecule is CCCNc1cc(Oc2ccc([N+](=O)[O-])cc2Cl)ccn1. The van der Waals surface area contributed by atoms with E-state index in [1.807, 2.05) is 0 Å². The Hall–Kier alpha value is -2.34. The molecule has 7 heteroatoms. The highest BCUT2D eigenvalue weighted by Gasteiger charge is 2.11. The van der Waals surface area contributed by atoms with E-state index < -0.39 is 4.92 Å². The number of rotatable bonds is 6. The van der Waals surface area contributed by atoms with Crippen molar-refractivity contribution in [1.29, 1.82) is 0 Å². The Bertz CT molecular complexity index is 649. The lowest BCUT2D eigenvalue weighted by Crippen LogP contribution is -2.01. The number of aromatic nitrogens is 1. The molecule has 0 saturated carbocycles. The zero-order valence-electron chi connectivity index (χ0n) is 11.4. The van der Waals surface area contributed by atoms with Crippen molar-refractivity contribution in [3.8, 4) is 11.5 Å². The summed E-state index contributed by atoms with van der Waals surface area (Å²) in [6.07, 6.45) is 2.60. The normalized spacial score (nSPS) is 10.2. The molecule has 0 unspecified atom stereocenters. The molecule has 0 radical (unpaired) electrons. The van der Waals surface area contributed by atoms with Gasteiger partial charge in [-0.1, -0.05) is 18.5 Å². The first-order chi connectivity index (χ1) is 10.1. The molecule has 0 aliphatic rings. The zero-order chi connectivity index (χ0) is 15.2. The van der Waals surface area contributed by atoms with Crippen molar-refractivity contribution in [1.82, 2.24) is 4.98 Å². The van der Waals surface area contributed by atoms with Crippen molar-refractivity contribution in [3.63, 3.8) is 0 Å². The molecule has 1 heterocycles. The lowest BCUT2D eigenvalue weighted by Gasteiger charge is -2.09. The number of pyridine rings is 1. The Kier molecular flexibility index (Phi) is 4.94. The summed E-state index contributed by atoms with van der Waals surface area (Å²) >= 11 is 5.99. The molecule has 0 saturated heterocycles. The summed E-state index contributed by atoms with van der Waals surface area (Å²) in [5.41, 5.74) is -0.0765. The quantitative estimate of drug-likeness (QED) is 0.637. The molecule has 0 atom stereocenters. The maximum atomic E-state index is 10.7. The zero-order valence-corrected chi connectivity index (χ0v) is 12.1. The van der Waals surface area contributed by atoms with Gasteiger partial charge < -0.3 is 10.1 Å². The average molecular weight is 308 g/mol. The first-order valence-corrected chi connectivity index (χ1v) is 6.79. The molecule has 0 fully saturated rings. The molecular weight excluding hydrogens is 294 g/mol. The lowest BCUT2D eigenvalue weighted by molar-refractivity contribution is -0.384. The van der Waals surface area contributed by atoms with Crippen LogP contribution in [0.15, 0.2) is 36.5 Å². The average Bonchev–Trinajstić information content (AvgIpc) is 2.47. The fourth-order valence-electron chi connectivity index (χ4n) is 1.64. The highest BCUT2D eigenvalue weighted by Crippen LogP contribution is 2.32. The smallest absolute Gasteiger partial charge is 0.271 e. The van der Waals surface area contributed by atoms with Gasteiger partial charge in [-0.15, -0.1) is 0 Å². The number of anilines is 1. The number of nitro groups is 1. The second kappa shape index (κ2) is 6.90. The van der Waals surface area contributed by atoms with E-state index in [0.29, 0.717) is 17.3 Å². The molecule has 0 spiro atoms. The van der Waals surface area contributed by atoms with Crippen molar-refractivity contribution in [2.24, 2.45) is 0 Å². The van der Waals surface area contributed by atoms with Crippen LogP contribution < -0.4 is 10.1 Å². The first-order valence-electron chi connectivity index (χ1n) is 6.42. The molecule has 21 heavy (non-hydrogen) atoms. The fourth-order valence-corrected chi connectivity index (χ4v) is 1.85. The number of hydrogen-bond acceptors (Lipinski definition) is 5. The van der Waals surface area contributed by atoms with Crippen LogP contribution in [-0.2, 0) is 0 Å². The van der Waals surface area contributed by atoms with Crippen LogP contribution in [0, 0.1) is 10.1 Å². The second-order valence-corrected chi connectivity index (χ2v) is 4.68. The van der Waals surface area contributed by atoms with Gasteiger partial charge in [0.05, 0.1) is 9.95 Å². The summed E-state index contributed by atoms with van der Waals surface area (Å²) in [5, 5.41) is 14.0. The van der Waals surface area contributed by atoms with Gasteiger partial charge in [0.1, 0.15) is 17.3 Å². The van der Waals surface area contributed by atoms with Gasteiger partial charge in [0.25, 0.3) is 5.69 Å². The number of benzene rings is 1. The minimum absolute atomic E-state index is 0.0765. The number of halogens is 1. The Labute approximate surface area is 126 Å². The molecule has 1 N–H and O–H groups in total. The van der Waals surface area contributed by atoms with E-state index in [1.165, 1.54) is 18.2 Å². The van der Waals surface area contributed by atoms with Crippen LogP contribution in [0.5, 0.6) is 11.5 Å². The summed E-state index contributed by atoms with van der Waals surface area (Å²) in [5.74, 6) is 1.61. The van der Waals surface area contributed by atoms with E-state index in [-0.39, 0.29) is 10.7 Å². The summed E-state index contributed by atoms with van der Waals surface area (Å²) in [6.45, 7) is 2.87. The maximum absolute atomic E-state index is 10.7. The first kappa shape index (κ1) is 15.1. The molecule has 1 aromatic heterocycles. The van der Waals surface area contributed by atoms with Gasteiger partial charge in [0.2, 0.25) is 0 Å². The molecule has 0 amide bonds. The van der Waals surface area contributed by atoms with Crippen molar-refractivity contribution in [2.75, 3.05) is 11.9 Å². The molecule has 0 aliphatic carbocycles. The standard InChI is InChI=1S/C14H14ClN3O3/c1-2-6-16-14-9-11(5-7-17-14)21-13-4-3-10(18(19)20)8-12(13)15/h3-5,7-9H,2,6H2,1H3,(H,16,17). The highest BCUT2D eigenvalue weighted by atomic mass is 35.5. The Morgan fingerprint density at radius 3 is 2.86 bits per heavy atom. The molecular formula is C14H14ClN3O3. The second-order valence-electron chi connectivity index (χ2n) is 4.28. The van der Waals surface area contributed by atoms with Crippen LogP contribution in [-0.4, -0.2) is 16.5 Å². The molecule has 1 aromatic carbocycles. The third-order valence-electron chi connectivity index (χ3n) is 2.64. The van der Waals surface area contributed by atoms with Crippen LogP contribution in [0.3, 0.4) is 0 Å². The van der Waals surface area contributed by atoms with E-state index >= 15 is 0 Å². The third kappa shape index (κ3) is 4.06. The predicted molar refractivity (Wildman–Crippen MR) is 81.2 cm³/mol. The third-order valence-corrected chi connectivity index (χ3v) is 2.94. The topological polar surface area (TPSA) is 77.3 Å². The van der Waals surface area contributed by atoms with Crippen LogP contribution in [0.25, 0.3) is 0 Å². The van der Waals surface area contributed by atoms with Gasteiger partial charge in [0.15, 0.2) is 0 Å². The maximum Gasteiger partial charge on any atom is 0.271 e. The van der Waals surface area contributed by atoms with Crippen LogP contribution in [0.4, 0.5) is 11.5 Å². The molecule has 6 nitrogen and oxygen atoms in total. The number of non-ortho nitro benzene ring substituents is 1. The summed E-state index contributed by atoms with van der Waals surface area (Å²) in [6, 6.07) is 7.51. The highest BCUT2D eigenvalue weighted by molar-refractivity contribution is 6.32. The Balaban J connectivity index is 2.16. The van der Waals surface area contributed by atoms with E-state index in [4.69, 9.17) is 16.3 Å². The number of ether oxygens (including phenoxy) is 1. The predicted octanol–water partition coefficient (Wildman–Crippen LogP) is 4.26. The summed E-state index contributed by atoms with van der Waals surface area (Å²) in [4.78, 5) is 14.3. The van der Waals surface area contributed by atoms with E-state index in [1.54, 1.807) is 18.3 Å². The van der Waals surface area contributed by atoms with Gasteiger partial charge in [0, 0.05) is 30.9 Å². The van der Waals surface area contributed by atoms with Crippen LogP contribution in [0.1, 0.15) is 13.3 Å². The van der Waals surface area contributed by atoms with Gasteiger partial charge in [-0.3, -0.25) is 10.1 Å². The number of hydrogen-bond donors (Lipinski definition) is 1. The Morgan fingerprint density at radius 2 is 2.19 bits per heavy atom. The molecule has 0 bridgehead atoms. The Morgan fingerprint density at radius 1 is 1.38 bits per heavy atom. The fraction of sp³-hybridized carbons (Fsp3) is 0.214. The largest absolute Gasteiger partial charge is 0.456 e. The van der Waals surface area contributed by atoms with Crippen LogP contribution in [0.2, 0.25) is 5.02 Å². The van der Waals surface area contributed by atoms with E-state index in [9.17, 15) is 10.1 Å².